The van der Waals surface area contributed by atoms with E-state index in [1.165, 1.54) is 48.0 Å². The van der Waals surface area contributed by atoms with Crippen LogP contribution in [0.2, 0.25) is 0 Å². The highest BCUT2D eigenvalue weighted by molar-refractivity contribution is 6.06. The second-order valence-electron chi connectivity index (χ2n) is 6.67. The summed E-state index contributed by atoms with van der Waals surface area (Å²) in [4.78, 5) is 8.74. The third-order valence-corrected chi connectivity index (χ3v) is 4.40. The van der Waals surface area contributed by atoms with Gasteiger partial charge in [-0.1, -0.05) is 12.1 Å². The minimum absolute atomic E-state index is 0.0407. The molecule has 2 aromatic heterocycles. The van der Waals surface area contributed by atoms with Gasteiger partial charge in [-0.15, -0.1) is 5.10 Å². The third kappa shape index (κ3) is 3.19. The molecule has 2 N–H and O–H groups in total. The highest BCUT2D eigenvalue weighted by Gasteiger charge is 2.31. The molecule has 8 heteroatoms. The molecule has 1 aliphatic heterocycles. The first kappa shape index (κ1) is 17.3. The molecule has 0 aliphatic carbocycles. The van der Waals surface area contributed by atoms with Gasteiger partial charge < -0.3 is 10.4 Å². The number of hydrogen-bond donors (Lipinski definition) is 2. The molecule has 0 spiro atoms. The maximum Gasteiger partial charge on any atom is 0.187 e. The largest absolute Gasteiger partial charge is 0.377 e. The third-order valence-electron chi connectivity index (χ3n) is 4.40. The maximum absolute atomic E-state index is 13.8. The Balaban J connectivity index is 1.82. The number of aromatic nitrogens is 3. The van der Waals surface area contributed by atoms with Gasteiger partial charge in [0.2, 0.25) is 0 Å². The number of anilines is 1. The van der Waals surface area contributed by atoms with E-state index in [2.05, 4.69) is 20.4 Å². The van der Waals surface area contributed by atoms with Gasteiger partial charge in [-0.2, -0.15) is 0 Å². The van der Waals surface area contributed by atoms with Crippen molar-refractivity contribution in [3.63, 3.8) is 0 Å². The SMILES string of the molecule is CC1=CC(Nc2nc(C(C)(O)c3ccc(F)cc3)nn3cc(F)cc23)=NC1. The van der Waals surface area contributed by atoms with E-state index >= 15 is 0 Å². The van der Waals surface area contributed by atoms with E-state index in [1.807, 2.05) is 13.0 Å². The van der Waals surface area contributed by atoms with Crippen molar-refractivity contribution in [1.29, 1.82) is 0 Å². The quantitative estimate of drug-likeness (QED) is 0.744. The molecule has 0 saturated carbocycles. The minimum atomic E-state index is -1.61. The standard InChI is InChI=1S/C19H17F2N5O/c1-11-7-16(22-9-11)23-17-15-8-14(21)10-26(15)25-18(24-17)19(2,27)12-3-5-13(20)6-4-12/h3-8,10,27H,9H2,1-2H3,(H,22,23,24,25). The van der Waals surface area contributed by atoms with Crippen LogP contribution >= 0.6 is 0 Å². The first-order valence-electron chi connectivity index (χ1n) is 8.36. The average molecular weight is 369 g/mol. The molecule has 1 aliphatic rings. The van der Waals surface area contributed by atoms with Gasteiger partial charge in [0.25, 0.3) is 0 Å². The van der Waals surface area contributed by atoms with Crippen molar-refractivity contribution in [3.05, 3.63) is 71.2 Å². The lowest BCUT2D eigenvalue weighted by Crippen LogP contribution is -2.28. The van der Waals surface area contributed by atoms with E-state index in [-0.39, 0.29) is 5.82 Å². The maximum atomic E-state index is 13.8. The number of amidine groups is 1. The van der Waals surface area contributed by atoms with Crippen LogP contribution < -0.4 is 5.32 Å². The van der Waals surface area contributed by atoms with Crippen LogP contribution in [-0.2, 0) is 5.60 Å². The molecule has 0 amide bonds. The van der Waals surface area contributed by atoms with Gasteiger partial charge in [-0.25, -0.2) is 18.3 Å². The Morgan fingerprint density at radius 3 is 2.59 bits per heavy atom. The van der Waals surface area contributed by atoms with Crippen molar-refractivity contribution in [3.8, 4) is 0 Å². The number of aliphatic hydroxyl groups is 1. The van der Waals surface area contributed by atoms with E-state index in [0.717, 1.165) is 5.57 Å². The molecule has 138 valence electrons. The molecular weight excluding hydrogens is 352 g/mol. The van der Waals surface area contributed by atoms with Crippen LogP contribution in [0.3, 0.4) is 0 Å². The normalized spacial score (nSPS) is 16.2. The number of rotatable bonds is 3. The Kier molecular flexibility index (Phi) is 4.00. The molecule has 0 saturated heterocycles. The van der Waals surface area contributed by atoms with Crippen LogP contribution in [0.4, 0.5) is 14.6 Å². The fourth-order valence-corrected chi connectivity index (χ4v) is 2.90. The number of aliphatic imine (C=N–C) groups is 1. The van der Waals surface area contributed by atoms with Crippen molar-refractivity contribution in [1.82, 2.24) is 14.6 Å². The fraction of sp³-hybridized carbons (Fsp3) is 0.211. The number of nitrogens with one attached hydrogen (secondary N) is 1. The zero-order valence-corrected chi connectivity index (χ0v) is 14.7. The van der Waals surface area contributed by atoms with Gasteiger partial charge in [-0.3, -0.25) is 4.99 Å². The molecule has 0 radical (unpaired) electrons. The number of nitrogens with zero attached hydrogens (tertiary/aromatic N) is 4. The van der Waals surface area contributed by atoms with Crippen molar-refractivity contribution in [2.75, 3.05) is 11.9 Å². The zero-order chi connectivity index (χ0) is 19.2. The first-order chi connectivity index (χ1) is 12.8. The zero-order valence-electron chi connectivity index (χ0n) is 14.7. The Labute approximate surface area is 153 Å². The van der Waals surface area contributed by atoms with Gasteiger partial charge in [0.05, 0.1) is 12.7 Å². The minimum Gasteiger partial charge on any atom is -0.377 e. The van der Waals surface area contributed by atoms with Gasteiger partial charge in [0, 0.05) is 6.07 Å². The summed E-state index contributed by atoms with van der Waals surface area (Å²) in [6.07, 6.45) is 3.07. The molecule has 3 aromatic rings. The number of fused-ring (bicyclic) bond motifs is 1. The molecule has 1 unspecified atom stereocenters. The second-order valence-corrected chi connectivity index (χ2v) is 6.67. The van der Waals surface area contributed by atoms with E-state index in [9.17, 15) is 13.9 Å². The Hall–Kier alpha value is -3.13. The van der Waals surface area contributed by atoms with Crippen molar-refractivity contribution in [2.24, 2.45) is 4.99 Å². The molecule has 27 heavy (non-hydrogen) atoms. The molecule has 3 heterocycles. The van der Waals surface area contributed by atoms with Crippen molar-refractivity contribution >= 4 is 17.2 Å². The summed E-state index contributed by atoms with van der Waals surface area (Å²) in [7, 11) is 0. The second kappa shape index (κ2) is 6.24. The van der Waals surface area contributed by atoms with Gasteiger partial charge in [0.1, 0.15) is 28.6 Å². The number of benzene rings is 1. The molecule has 0 fully saturated rings. The molecule has 6 nitrogen and oxygen atoms in total. The highest BCUT2D eigenvalue weighted by atomic mass is 19.1. The molecular formula is C19H17F2N5O. The van der Waals surface area contributed by atoms with E-state index in [1.54, 1.807) is 0 Å². The van der Waals surface area contributed by atoms with E-state index in [0.29, 0.717) is 29.3 Å². The highest BCUT2D eigenvalue weighted by Crippen LogP contribution is 2.29. The monoisotopic (exact) mass is 369 g/mol. The summed E-state index contributed by atoms with van der Waals surface area (Å²) in [6.45, 7) is 4.04. The number of hydrogen-bond acceptors (Lipinski definition) is 5. The van der Waals surface area contributed by atoms with Gasteiger partial charge in [0.15, 0.2) is 11.6 Å². The van der Waals surface area contributed by atoms with Crippen molar-refractivity contribution < 1.29 is 13.9 Å². The Morgan fingerprint density at radius 2 is 1.93 bits per heavy atom. The summed E-state index contributed by atoms with van der Waals surface area (Å²) in [6, 6.07) is 6.71. The van der Waals surface area contributed by atoms with Crippen LogP contribution in [0.1, 0.15) is 25.2 Å². The van der Waals surface area contributed by atoms with Crippen LogP contribution in [0.15, 0.2) is 53.2 Å². The van der Waals surface area contributed by atoms with E-state index < -0.39 is 17.2 Å². The smallest absolute Gasteiger partial charge is 0.187 e. The summed E-state index contributed by atoms with van der Waals surface area (Å²) >= 11 is 0. The van der Waals surface area contributed by atoms with Crippen LogP contribution in [-0.4, -0.2) is 32.1 Å². The van der Waals surface area contributed by atoms with Gasteiger partial charge >= 0.3 is 0 Å². The van der Waals surface area contributed by atoms with Crippen LogP contribution in [0.5, 0.6) is 0 Å². The average Bonchev–Trinajstić information content (AvgIpc) is 3.20. The predicted octanol–water partition coefficient (Wildman–Crippen LogP) is 3.03. The Bertz CT molecular complexity index is 1080. The van der Waals surface area contributed by atoms with Crippen LogP contribution in [0.25, 0.3) is 5.52 Å². The summed E-state index contributed by atoms with van der Waals surface area (Å²) < 4.78 is 28.3. The van der Waals surface area contributed by atoms with E-state index in [4.69, 9.17) is 0 Å². The topological polar surface area (TPSA) is 74.8 Å². The molecule has 4 rings (SSSR count). The Morgan fingerprint density at radius 1 is 1.19 bits per heavy atom. The number of halogens is 2. The van der Waals surface area contributed by atoms with Gasteiger partial charge in [-0.05, 0) is 43.2 Å². The molecule has 1 aromatic carbocycles. The molecule has 0 bridgehead atoms. The summed E-state index contributed by atoms with van der Waals surface area (Å²) in [5.41, 5.74) is 0.299. The van der Waals surface area contributed by atoms with Crippen molar-refractivity contribution in [2.45, 2.75) is 19.4 Å². The molecule has 1 atom stereocenters. The lowest BCUT2D eigenvalue weighted by atomic mass is 9.95. The summed E-state index contributed by atoms with van der Waals surface area (Å²) in [5.74, 6) is 0.0604. The van der Waals surface area contributed by atoms with Crippen LogP contribution in [0, 0.1) is 11.6 Å². The lowest BCUT2D eigenvalue weighted by Gasteiger charge is -2.23. The fourth-order valence-electron chi connectivity index (χ4n) is 2.90. The lowest BCUT2D eigenvalue weighted by molar-refractivity contribution is 0.0907. The predicted molar refractivity (Wildman–Crippen MR) is 97.7 cm³/mol. The first-order valence-corrected chi connectivity index (χ1v) is 8.36. The summed E-state index contributed by atoms with van der Waals surface area (Å²) in [5, 5.41) is 18.3.